The van der Waals surface area contributed by atoms with E-state index in [0.29, 0.717) is 0 Å². The quantitative estimate of drug-likeness (QED) is 0.858. The van der Waals surface area contributed by atoms with Gasteiger partial charge in [-0.2, -0.15) is 0 Å². The van der Waals surface area contributed by atoms with Crippen LogP contribution in [0.3, 0.4) is 0 Å². The van der Waals surface area contributed by atoms with Crippen LogP contribution in [0.1, 0.15) is 31.2 Å². The Hall–Kier alpha value is -0.970. The average molecular weight is 374 g/mol. The fraction of sp³-hybridized carbons (Fsp3) is 0.467. The molecule has 5 heteroatoms. The first-order chi connectivity index (χ1) is 9.48. The van der Waals surface area contributed by atoms with E-state index in [1.165, 1.54) is 0 Å². The Kier molecular flexibility index (Phi) is 3.56. The Bertz CT molecular complexity index is 605. The first-order valence-corrected chi connectivity index (χ1v) is 12.9. The van der Waals surface area contributed by atoms with E-state index in [0.717, 1.165) is 28.5 Å². The van der Waals surface area contributed by atoms with Gasteiger partial charge in [-0.3, -0.25) is 0 Å². The Labute approximate surface area is 126 Å². The van der Waals surface area contributed by atoms with Gasteiger partial charge in [0.2, 0.25) is 0 Å². The fourth-order valence-corrected chi connectivity index (χ4v) is 11.1. The summed E-state index contributed by atoms with van der Waals surface area (Å²) in [6, 6.07) is 2.03. The van der Waals surface area contributed by atoms with Gasteiger partial charge >= 0.3 is 127 Å². The molecule has 2 N–H and O–H groups in total. The van der Waals surface area contributed by atoms with Crippen molar-refractivity contribution in [3.63, 3.8) is 0 Å². The summed E-state index contributed by atoms with van der Waals surface area (Å²) in [4.78, 5) is 11.3. The van der Waals surface area contributed by atoms with E-state index in [-0.39, 0.29) is 17.2 Å². The van der Waals surface area contributed by atoms with E-state index in [9.17, 15) is 4.79 Å². The molecule has 1 aromatic rings. The number of hydrogen-bond donors (Lipinski definition) is 1. The first kappa shape index (κ1) is 14.0. The number of primary amides is 1. The number of nitrogens with two attached hydrogens (primary N) is 1. The molecule has 0 aromatic carbocycles. The summed E-state index contributed by atoms with van der Waals surface area (Å²) in [6.45, 7) is 4.11. The number of hydrogen-bond acceptors (Lipinski definition) is 3. The van der Waals surface area contributed by atoms with Gasteiger partial charge in [0.05, 0.1) is 0 Å². The van der Waals surface area contributed by atoms with Crippen LogP contribution in [0.2, 0.25) is 0 Å². The number of aromatic nitrogens is 1. The SMILES string of the molecule is Cc1cc([CH2][In]2[CH]=CC=[C]2CC2(C)CC2C(N)=O)no1. The fourth-order valence-electron chi connectivity index (χ4n) is 3.20. The molecule has 3 rings (SSSR count). The van der Waals surface area contributed by atoms with Crippen LogP contribution in [-0.2, 0) is 8.97 Å². The van der Waals surface area contributed by atoms with Crippen molar-refractivity contribution in [3.8, 4) is 0 Å². The molecule has 1 fully saturated rings. The minimum absolute atomic E-state index is 0.0743. The van der Waals surface area contributed by atoms with E-state index in [1.54, 1.807) is 3.33 Å². The predicted molar refractivity (Wildman–Crippen MR) is 77.9 cm³/mol. The molecule has 1 saturated carbocycles. The molecule has 0 spiro atoms. The summed E-state index contributed by atoms with van der Waals surface area (Å²) in [6.07, 6.45) is 6.43. The van der Waals surface area contributed by atoms with Crippen molar-refractivity contribution < 1.29 is 9.32 Å². The van der Waals surface area contributed by atoms with Crippen LogP contribution < -0.4 is 5.73 Å². The standard InChI is InChI=1S/C10H13NO.C5H6NO.In/c1-3-4-5-6-10(2)7-8(10)9(11)12;1-4-3-5(2)7-6-4;/h1,3-4,8H,6-7H2,2H3,(H2,11,12);3H,1H2,2H3;. The van der Waals surface area contributed by atoms with Crippen molar-refractivity contribution >= 4 is 27.3 Å². The molecule has 104 valence electrons. The molecule has 1 amide bonds. The third kappa shape index (κ3) is 2.73. The number of rotatable bonds is 5. The van der Waals surface area contributed by atoms with Gasteiger partial charge in [-0.15, -0.1) is 0 Å². The van der Waals surface area contributed by atoms with Crippen LogP contribution in [0.25, 0.3) is 0 Å². The van der Waals surface area contributed by atoms with Gasteiger partial charge in [0.1, 0.15) is 0 Å². The second-order valence-corrected chi connectivity index (χ2v) is 14.2. The van der Waals surface area contributed by atoms with Gasteiger partial charge in [-0.1, -0.05) is 0 Å². The van der Waals surface area contributed by atoms with E-state index < -0.39 is 21.4 Å². The molecule has 2 aliphatic rings. The topological polar surface area (TPSA) is 69.1 Å². The third-order valence-corrected chi connectivity index (χ3v) is 12.8. The summed E-state index contributed by atoms with van der Waals surface area (Å²) in [5.74, 6) is 0.810. The maximum atomic E-state index is 11.3. The van der Waals surface area contributed by atoms with Gasteiger partial charge in [0, 0.05) is 0 Å². The number of nitrogens with zero attached hydrogens (tertiary/aromatic N) is 1. The van der Waals surface area contributed by atoms with Crippen LogP contribution >= 0.6 is 0 Å². The van der Waals surface area contributed by atoms with Crippen molar-refractivity contribution in [1.82, 2.24) is 5.16 Å². The molecule has 2 unspecified atom stereocenters. The summed E-state index contributed by atoms with van der Waals surface area (Å²) in [5.41, 5.74) is 6.62. The average Bonchev–Trinajstić information content (AvgIpc) is 2.71. The molecule has 2 heterocycles. The molecular weight excluding hydrogens is 355 g/mol. The summed E-state index contributed by atoms with van der Waals surface area (Å²) in [7, 11) is 0. The van der Waals surface area contributed by atoms with Crippen molar-refractivity contribution in [2.24, 2.45) is 17.1 Å². The molecule has 1 aliphatic heterocycles. The van der Waals surface area contributed by atoms with Crippen molar-refractivity contribution in [2.45, 2.75) is 30.9 Å². The van der Waals surface area contributed by atoms with E-state index in [2.05, 4.69) is 28.1 Å². The minimum atomic E-state index is -1.88. The number of carbonyl (C=O) groups excluding carboxylic acids is 1. The molecule has 20 heavy (non-hydrogen) atoms. The number of carbonyl (C=O) groups is 1. The van der Waals surface area contributed by atoms with Gasteiger partial charge in [0.25, 0.3) is 0 Å². The van der Waals surface area contributed by atoms with Crippen molar-refractivity contribution in [2.75, 3.05) is 0 Å². The van der Waals surface area contributed by atoms with Crippen LogP contribution in [0.5, 0.6) is 0 Å². The molecule has 1 aromatic heterocycles. The maximum absolute atomic E-state index is 11.3. The van der Waals surface area contributed by atoms with E-state index in [4.69, 9.17) is 10.3 Å². The first-order valence-electron chi connectivity index (χ1n) is 7.07. The second kappa shape index (κ2) is 5.10. The van der Waals surface area contributed by atoms with Gasteiger partial charge in [-0.05, 0) is 0 Å². The summed E-state index contributed by atoms with van der Waals surface area (Å²) in [5, 5.41) is 4.11. The van der Waals surface area contributed by atoms with Crippen LogP contribution in [0.4, 0.5) is 0 Å². The van der Waals surface area contributed by atoms with Crippen LogP contribution in [-0.4, -0.2) is 32.5 Å². The molecule has 0 bridgehead atoms. The summed E-state index contributed by atoms with van der Waals surface area (Å²) >= 11 is -1.88. The molecular formula is C15H19InN2O2. The normalized spacial score (nSPS) is 27.8. The zero-order chi connectivity index (χ0) is 14.3. The zero-order valence-electron chi connectivity index (χ0n) is 11.9. The van der Waals surface area contributed by atoms with E-state index >= 15 is 0 Å². The van der Waals surface area contributed by atoms with Crippen molar-refractivity contribution in [3.05, 3.63) is 36.8 Å². The molecule has 1 aliphatic carbocycles. The van der Waals surface area contributed by atoms with E-state index in [1.807, 2.05) is 13.0 Å². The zero-order valence-corrected chi connectivity index (χ0v) is 15.2. The predicted octanol–water partition coefficient (Wildman–Crippen LogP) is 2.04. The summed E-state index contributed by atoms with van der Waals surface area (Å²) < 4.78 is 10.2. The Morgan fingerprint density at radius 1 is 1.65 bits per heavy atom. The van der Waals surface area contributed by atoms with Crippen LogP contribution in [0, 0.1) is 18.3 Å². The molecule has 0 radical (unpaired) electrons. The second-order valence-electron chi connectivity index (χ2n) is 6.36. The number of aryl methyl sites for hydroxylation is 1. The third-order valence-electron chi connectivity index (χ3n) is 4.54. The molecule has 4 nitrogen and oxygen atoms in total. The van der Waals surface area contributed by atoms with Gasteiger partial charge < -0.3 is 0 Å². The molecule has 0 saturated heterocycles. The Morgan fingerprint density at radius 2 is 2.45 bits per heavy atom. The number of allylic oxidation sites excluding steroid dienone is 3. The van der Waals surface area contributed by atoms with Gasteiger partial charge in [0.15, 0.2) is 0 Å². The monoisotopic (exact) mass is 374 g/mol. The van der Waals surface area contributed by atoms with Gasteiger partial charge in [-0.25, -0.2) is 0 Å². The van der Waals surface area contributed by atoms with Crippen LogP contribution in [0.15, 0.2) is 29.9 Å². The molecule has 2 atom stereocenters. The number of amides is 1. The Balaban J connectivity index is 1.64. The van der Waals surface area contributed by atoms with Crippen molar-refractivity contribution in [1.29, 1.82) is 0 Å². The Morgan fingerprint density at radius 3 is 3.05 bits per heavy atom.